The molecule has 2 N–H and O–H groups in total. The second kappa shape index (κ2) is 8.75. The van der Waals surface area contributed by atoms with E-state index in [9.17, 15) is 8.42 Å². The molecule has 3 aromatic rings. The third-order valence-corrected chi connectivity index (χ3v) is 5.97. The zero-order valence-corrected chi connectivity index (χ0v) is 18.1. The van der Waals surface area contributed by atoms with Crippen LogP contribution in [0.1, 0.15) is 24.9 Å². The normalized spacial score (nSPS) is 12.4. The van der Waals surface area contributed by atoms with Crippen LogP contribution in [0.4, 0.5) is 5.69 Å². The van der Waals surface area contributed by atoms with Gasteiger partial charge in [-0.05, 0) is 60.6 Å². The highest BCUT2D eigenvalue weighted by atomic mass is 32.2. The molecule has 0 saturated heterocycles. The Hall–Kier alpha value is -2.71. The van der Waals surface area contributed by atoms with E-state index >= 15 is 0 Å². The molecule has 0 aliphatic rings. The molecule has 3 rings (SSSR count). The SMILES string of the molecule is CCC(NC(=S)Nc1ccc(OC)c2ncccc12)c1ccc(S(C)(=O)=O)cc1. The Kier molecular flexibility index (Phi) is 6.34. The summed E-state index contributed by atoms with van der Waals surface area (Å²) < 4.78 is 28.7. The maximum Gasteiger partial charge on any atom is 0.175 e. The number of hydrogen-bond acceptors (Lipinski definition) is 5. The highest BCUT2D eigenvalue weighted by molar-refractivity contribution is 7.90. The first-order chi connectivity index (χ1) is 13.8. The van der Waals surface area contributed by atoms with Gasteiger partial charge in [-0.3, -0.25) is 4.98 Å². The van der Waals surface area contributed by atoms with Crippen molar-refractivity contribution < 1.29 is 13.2 Å². The van der Waals surface area contributed by atoms with Crippen molar-refractivity contribution >= 4 is 43.8 Å². The lowest BCUT2D eigenvalue weighted by atomic mass is 10.1. The molecule has 2 aromatic carbocycles. The van der Waals surface area contributed by atoms with E-state index < -0.39 is 9.84 Å². The summed E-state index contributed by atoms with van der Waals surface area (Å²) in [5.41, 5.74) is 2.55. The van der Waals surface area contributed by atoms with E-state index in [0.717, 1.165) is 28.6 Å². The minimum atomic E-state index is -3.22. The molecule has 0 radical (unpaired) electrons. The number of anilines is 1. The first-order valence-electron chi connectivity index (χ1n) is 9.12. The number of fused-ring (bicyclic) bond motifs is 1. The van der Waals surface area contributed by atoms with Gasteiger partial charge in [-0.25, -0.2) is 8.42 Å². The average molecular weight is 430 g/mol. The van der Waals surface area contributed by atoms with E-state index in [-0.39, 0.29) is 6.04 Å². The predicted molar refractivity (Wildman–Crippen MR) is 120 cm³/mol. The summed E-state index contributed by atoms with van der Waals surface area (Å²) in [5.74, 6) is 0.697. The summed E-state index contributed by atoms with van der Waals surface area (Å²) in [6.07, 6.45) is 3.70. The van der Waals surface area contributed by atoms with Crippen molar-refractivity contribution in [2.75, 3.05) is 18.7 Å². The lowest BCUT2D eigenvalue weighted by Gasteiger charge is -2.21. The van der Waals surface area contributed by atoms with Gasteiger partial charge in [0.05, 0.1) is 18.0 Å². The molecule has 152 valence electrons. The minimum absolute atomic E-state index is 0.0498. The fourth-order valence-electron chi connectivity index (χ4n) is 3.11. The van der Waals surface area contributed by atoms with Crippen LogP contribution in [0.25, 0.3) is 10.9 Å². The summed E-state index contributed by atoms with van der Waals surface area (Å²) in [5, 5.41) is 7.91. The average Bonchev–Trinajstić information content (AvgIpc) is 2.72. The third kappa shape index (κ3) is 4.83. The van der Waals surface area contributed by atoms with Crippen LogP contribution in [0.5, 0.6) is 5.75 Å². The minimum Gasteiger partial charge on any atom is -0.494 e. The number of benzene rings is 2. The number of aromatic nitrogens is 1. The number of thiocarbonyl (C=S) groups is 1. The quantitative estimate of drug-likeness (QED) is 0.571. The molecular weight excluding hydrogens is 406 g/mol. The summed E-state index contributed by atoms with van der Waals surface area (Å²) >= 11 is 5.52. The van der Waals surface area contributed by atoms with Crippen molar-refractivity contribution in [1.82, 2.24) is 10.3 Å². The summed E-state index contributed by atoms with van der Waals surface area (Å²) in [4.78, 5) is 4.69. The van der Waals surface area contributed by atoms with Crippen LogP contribution in [0.3, 0.4) is 0 Å². The molecule has 6 nitrogen and oxygen atoms in total. The Labute approximate surface area is 176 Å². The van der Waals surface area contributed by atoms with Gasteiger partial charge >= 0.3 is 0 Å². The highest BCUT2D eigenvalue weighted by Gasteiger charge is 2.14. The molecule has 0 bridgehead atoms. The Morgan fingerprint density at radius 1 is 1.17 bits per heavy atom. The van der Waals surface area contributed by atoms with Gasteiger partial charge in [0.1, 0.15) is 11.3 Å². The number of ether oxygens (including phenoxy) is 1. The number of rotatable bonds is 6. The summed E-state index contributed by atoms with van der Waals surface area (Å²) in [7, 11) is -1.60. The molecule has 0 saturated carbocycles. The van der Waals surface area contributed by atoms with Crippen molar-refractivity contribution in [3.8, 4) is 5.75 Å². The molecule has 1 unspecified atom stereocenters. The van der Waals surface area contributed by atoms with Crippen LogP contribution in [0, 0.1) is 0 Å². The van der Waals surface area contributed by atoms with Crippen LogP contribution >= 0.6 is 12.2 Å². The first kappa shape index (κ1) is 21.0. The first-order valence-corrected chi connectivity index (χ1v) is 11.4. The number of sulfone groups is 1. The van der Waals surface area contributed by atoms with Crippen LogP contribution in [-0.4, -0.2) is 31.9 Å². The number of methoxy groups -OCH3 is 1. The zero-order chi connectivity index (χ0) is 21.0. The van der Waals surface area contributed by atoms with Crippen molar-refractivity contribution in [2.45, 2.75) is 24.3 Å². The maximum atomic E-state index is 11.7. The lowest BCUT2D eigenvalue weighted by Crippen LogP contribution is -2.32. The Balaban J connectivity index is 1.78. The second-order valence-electron chi connectivity index (χ2n) is 6.62. The summed E-state index contributed by atoms with van der Waals surface area (Å²) in [6.45, 7) is 2.04. The highest BCUT2D eigenvalue weighted by Crippen LogP contribution is 2.30. The van der Waals surface area contributed by atoms with Gasteiger partial charge in [0.2, 0.25) is 0 Å². The Bertz CT molecular complexity index is 1130. The van der Waals surface area contributed by atoms with Gasteiger partial charge in [-0.2, -0.15) is 0 Å². The fourth-order valence-corrected chi connectivity index (χ4v) is 3.99. The largest absolute Gasteiger partial charge is 0.494 e. The van der Waals surface area contributed by atoms with Gasteiger partial charge in [0.25, 0.3) is 0 Å². The molecule has 0 aliphatic heterocycles. The lowest BCUT2D eigenvalue weighted by molar-refractivity contribution is 0.419. The van der Waals surface area contributed by atoms with Crippen LogP contribution in [-0.2, 0) is 9.84 Å². The number of hydrogen-bond donors (Lipinski definition) is 2. The van der Waals surface area contributed by atoms with E-state index in [4.69, 9.17) is 17.0 Å². The predicted octanol–water partition coefficient (Wildman–Crippen LogP) is 4.08. The maximum absolute atomic E-state index is 11.7. The molecule has 0 spiro atoms. The van der Waals surface area contributed by atoms with Crippen molar-refractivity contribution in [3.63, 3.8) is 0 Å². The number of nitrogens with one attached hydrogen (secondary N) is 2. The Morgan fingerprint density at radius 3 is 2.52 bits per heavy atom. The third-order valence-electron chi connectivity index (χ3n) is 4.62. The van der Waals surface area contributed by atoms with Gasteiger partial charge in [-0.15, -0.1) is 0 Å². The second-order valence-corrected chi connectivity index (χ2v) is 9.04. The molecule has 1 atom stereocenters. The van der Waals surface area contributed by atoms with Crippen molar-refractivity contribution in [3.05, 3.63) is 60.3 Å². The molecule has 0 fully saturated rings. The van der Waals surface area contributed by atoms with Gasteiger partial charge in [0.15, 0.2) is 14.9 Å². The molecular formula is C21H23N3O3S2. The van der Waals surface area contributed by atoms with E-state index in [1.165, 1.54) is 6.26 Å². The molecule has 29 heavy (non-hydrogen) atoms. The van der Waals surface area contributed by atoms with Crippen molar-refractivity contribution in [1.29, 1.82) is 0 Å². The van der Waals surface area contributed by atoms with Crippen LogP contribution in [0.15, 0.2) is 59.6 Å². The van der Waals surface area contributed by atoms with Crippen molar-refractivity contribution in [2.24, 2.45) is 0 Å². The van der Waals surface area contributed by atoms with Crippen LogP contribution in [0.2, 0.25) is 0 Å². The molecule has 1 heterocycles. The monoisotopic (exact) mass is 429 g/mol. The fraction of sp³-hybridized carbons (Fsp3) is 0.238. The molecule has 0 amide bonds. The van der Waals surface area contributed by atoms with Gasteiger partial charge < -0.3 is 15.4 Å². The van der Waals surface area contributed by atoms with E-state index in [2.05, 4.69) is 15.6 Å². The van der Waals surface area contributed by atoms with E-state index in [1.54, 1.807) is 25.4 Å². The van der Waals surface area contributed by atoms with Gasteiger partial charge in [-0.1, -0.05) is 19.1 Å². The smallest absolute Gasteiger partial charge is 0.175 e. The Morgan fingerprint density at radius 2 is 1.90 bits per heavy atom. The van der Waals surface area contributed by atoms with E-state index in [0.29, 0.717) is 15.8 Å². The van der Waals surface area contributed by atoms with Crippen LogP contribution < -0.4 is 15.4 Å². The zero-order valence-electron chi connectivity index (χ0n) is 16.5. The standard InChI is InChI=1S/C21H23N3O3S2/c1-4-17(14-7-9-15(10-8-14)29(3,25)26)23-21(28)24-18-11-12-19(27-2)20-16(18)6-5-13-22-20/h5-13,17H,4H2,1-3H3,(H2,23,24,28). The van der Waals surface area contributed by atoms with Gasteiger partial charge in [0, 0.05) is 23.5 Å². The summed E-state index contributed by atoms with van der Waals surface area (Å²) in [6, 6.07) is 14.4. The molecule has 0 aliphatic carbocycles. The van der Waals surface area contributed by atoms with E-state index in [1.807, 2.05) is 43.3 Å². The topological polar surface area (TPSA) is 80.3 Å². The number of nitrogens with zero attached hydrogens (tertiary/aromatic N) is 1. The molecule has 8 heteroatoms. The molecule has 1 aromatic heterocycles. The number of pyridine rings is 1.